The van der Waals surface area contributed by atoms with Crippen molar-refractivity contribution in [3.05, 3.63) is 25.3 Å². The minimum atomic E-state index is -1.23. The molecule has 64 valence electrons. The Bertz CT molecular complexity index is 139. The maximum Gasteiger partial charge on any atom is 2.00 e. The number of rotatable bonds is 2. The summed E-state index contributed by atoms with van der Waals surface area (Å²) in [6.45, 7) is 5.80. The Morgan fingerprint density at radius 2 is 1.00 bits per heavy atom. The molecule has 13 heavy (non-hydrogen) atoms. The van der Waals surface area contributed by atoms with Gasteiger partial charge in [-0.05, 0) is 12.2 Å². The van der Waals surface area contributed by atoms with Gasteiger partial charge >= 0.3 is 39.0 Å². The fraction of sp³-hybridized carbons (Fsp3) is 0. The Balaban J connectivity index is -0.0000000267. The minimum absolute atomic E-state index is 0. The van der Waals surface area contributed by atoms with Gasteiger partial charge in [-0.2, -0.15) is 0 Å². The van der Waals surface area contributed by atoms with Crippen LogP contribution in [0.15, 0.2) is 25.3 Å². The van der Waals surface area contributed by atoms with Crippen molar-refractivity contribution in [3.8, 4) is 0 Å². The van der Waals surface area contributed by atoms with Gasteiger partial charge in [0.1, 0.15) is 0 Å². The van der Waals surface area contributed by atoms with E-state index in [4.69, 9.17) is 19.8 Å². The van der Waals surface area contributed by atoms with Crippen molar-refractivity contribution in [1.29, 1.82) is 0 Å². The number of carbonyl (C=O) groups excluding carboxylic acids is 2. The number of carbonyl (C=O) groups is 2. The Hall–Kier alpha value is -0.373. The van der Waals surface area contributed by atoms with Crippen molar-refractivity contribution < 1.29 is 64.2 Å². The van der Waals surface area contributed by atoms with E-state index in [0.29, 0.717) is 0 Å². The molecule has 0 aliphatic rings. The zero-order chi connectivity index (χ0) is 8.57. The van der Waals surface area contributed by atoms with Crippen LogP contribution in [0, 0.1) is 0 Å². The first-order chi connectivity index (χ1) is 4.54. The Morgan fingerprint density at radius 1 is 0.923 bits per heavy atom. The molecule has 0 N–H and O–H groups in total. The Kier molecular flexibility index (Phi) is 51.0. The maximum absolute atomic E-state index is 9.14. The van der Waals surface area contributed by atoms with E-state index in [0.717, 1.165) is 12.2 Å². The average molecular weight is 289 g/mol. The average Bonchev–Trinajstić information content (AvgIpc) is 1.89. The maximum atomic E-state index is 9.14. The van der Waals surface area contributed by atoms with Crippen molar-refractivity contribution in [2.45, 2.75) is 0 Å². The van der Waals surface area contributed by atoms with Crippen molar-refractivity contribution in [1.82, 2.24) is 0 Å². The minimum Gasteiger partial charge on any atom is -2.00 e. The van der Waals surface area contributed by atoms with Crippen LogP contribution in [0.5, 0.6) is 0 Å². The molecular weight excluding hydrogens is 283 g/mol. The summed E-state index contributed by atoms with van der Waals surface area (Å²) in [4.78, 5) is 18.3. The molecule has 0 radical (unpaired) electrons. The van der Waals surface area contributed by atoms with E-state index in [-0.39, 0.29) is 44.4 Å². The van der Waals surface area contributed by atoms with Crippen LogP contribution in [0.2, 0.25) is 0 Å². The molecule has 0 amide bonds. The molecule has 0 fully saturated rings. The standard InChI is InChI=1S/2C3H4O2.O.2Zn/c2*1-2-3(4)5;;;/h2*2H,1H2,(H,4,5);;;/q;;-2;2*+2/p-2. The van der Waals surface area contributed by atoms with Crippen molar-refractivity contribution in [2.24, 2.45) is 0 Å². The summed E-state index contributed by atoms with van der Waals surface area (Å²) < 4.78 is 0. The van der Waals surface area contributed by atoms with Gasteiger partial charge in [0.15, 0.2) is 0 Å². The summed E-state index contributed by atoms with van der Waals surface area (Å²) in [6, 6.07) is 0. The summed E-state index contributed by atoms with van der Waals surface area (Å²) in [6.07, 6.45) is 1.44. The molecule has 0 saturated carbocycles. The molecule has 0 aromatic heterocycles. The van der Waals surface area contributed by atoms with Gasteiger partial charge in [-0.3, -0.25) is 0 Å². The summed E-state index contributed by atoms with van der Waals surface area (Å²) in [5.41, 5.74) is 0. The summed E-state index contributed by atoms with van der Waals surface area (Å²) in [7, 11) is 0. The molecule has 7 heteroatoms. The third kappa shape index (κ3) is 81.9. The van der Waals surface area contributed by atoms with Crippen LogP contribution in [0.4, 0.5) is 0 Å². The topological polar surface area (TPSA) is 109 Å². The van der Waals surface area contributed by atoms with Gasteiger partial charge in [0.25, 0.3) is 0 Å². The van der Waals surface area contributed by atoms with Gasteiger partial charge in [0, 0.05) is 0 Å². The molecule has 0 unspecified atom stereocenters. The monoisotopic (exact) mass is 286 g/mol. The fourth-order valence-electron chi connectivity index (χ4n) is 0. The third-order valence-corrected chi connectivity index (χ3v) is 0.333. The zero-order valence-electron chi connectivity index (χ0n) is 7.02. The molecular formula is C6H6O5Zn2. The second-order valence-electron chi connectivity index (χ2n) is 1.05. The van der Waals surface area contributed by atoms with E-state index in [1.807, 2.05) is 0 Å². The predicted molar refractivity (Wildman–Crippen MR) is 31.1 cm³/mol. The number of carboxylic acid groups (broad SMARTS) is 2. The van der Waals surface area contributed by atoms with Gasteiger partial charge in [0.05, 0.1) is 11.9 Å². The van der Waals surface area contributed by atoms with E-state index in [2.05, 4.69) is 13.2 Å². The van der Waals surface area contributed by atoms with Gasteiger partial charge in [-0.1, -0.05) is 13.2 Å². The van der Waals surface area contributed by atoms with Crippen LogP contribution in [0.1, 0.15) is 0 Å². The molecule has 0 aromatic carbocycles. The number of aliphatic carboxylic acids is 2. The molecule has 0 rings (SSSR count). The molecule has 0 heterocycles. The molecule has 0 spiro atoms. The summed E-state index contributed by atoms with van der Waals surface area (Å²) >= 11 is 0. The van der Waals surface area contributed by atoms with Gasteiger partial charge in [-0.25, -0.2) is 0 Å². The van der Waals surface area contributed by atoms with E-state index in [1.165, 1.54) is 0 Å². The van der Waals surface area contributed by atoms with Gasteiger partial charge in [-0.15, -0.1) is 0 Å². The van der Waals surface area contributed by atoms with E-state index in [9.17, 15) is 0 Å². The van der Waals surface area contributed by atoms with Crippen LogP contribution >= 0.6 is 0 Å². The molecule has 0 aromatic rings. The van der Waals surface area contributed by atoms with Gasteiger partial charge in [0.2, 0.25) is 0 Å². The van der Waals surface area contributed by atoms with E-state index < -0.39 is 11.9 Å². The fourth-order valence-corrected chi connectivity index (χ4v) is 0. The SMILES string of the molecule is C=CC(=O)[O-].C=CC(=O)[O-].[O-2].[Zn+2].[Zn+2]. The molecule has 0 aliphatic carbocycles. The molecule has 0 atom stereocenters. The molecule has 0 aliphatic heterocycles. The summed E-state index contributed by atoms with van der Waals surface area (Å²) in [5, 5.41) is 18.3. The van der Waals surface area contributed by atoms with E-state index in [1.54, 1.807) is 0 Å². The Labute approximate surface area is 101 Å². The van der Waals surface area contributed by atoms with E-state index >= 15 is 0 Å². The first-order valence-electron chi connectivity index (χ1n) is 2.21. The second kappa shape index (κ2) is 22.6. The second-order valence-corrected chi connectivity index (χ2v) is 1.05. The smallest absolute Gasteiger partial charge is 2.00 e. The van der Waals surface area contributed by atoms with Crippen molar-refractivity contribution in [2.75, 3.05) is 0 Å². The third-order valence-electron chi connectivity index (χ3n) is 0.333. The summed E-state index contributed by atoms with van der Waals surface area (Å²) in [5.74, 6) is -2.46. The number of carboxylic acids is 2. The largest absolute Gasteiger partial charge is 2.00 e. The first-order valence-corrected chi connectivity index (χ1v) is 2.21. The quantitative estimate of drug-likeness (QED) is 0.421. The van der Waals surface area contributed by atoms with Crippen LogP contribution in [-0.2, 0) is 54.0 Å². The van der Waals surface area contributed by atoms with Crippen molar-refractivity contribution >= 4 is 11.9 Å². The Morgan fingerprint density at radius 3 is 1.00 bits per heavy atom. The zero-order valence-corrected chi connectivity index (χ0v) is 13.0. The van der Waals surface area contributed by atoms with Crippen LogP contribution in [0.25, 0.3) is 0 Å². The molecule has 0 saturated heterocycles. The van der Waals surface area contributed by atoms with Crippen molar-refractivity contribution in [3.63, 3.8) is 0 Å². The number of hydrogen-bond acceptors (Lipinski definition) is 4. The normalized spacial score (nSPS) is 4.92. The molecule has 5 nitrogen and oxygen atoms in total. The number of hydrogen-bond donors (Lipinski definition) is 0. The van der Waals surface area contributed by atoms with Gasteiger partial charge < -0.3 is 25.3 Å². The van der Waals surface area contributed by atoms with Crippen LogP contribution in [0.3, 0.4) is 0 Å². The molecule has 0 bridgehead atoms. The van der Waals surface area contributed by atoms with Crippen LogP contribution < -0.4 is 10.2 Å². The first kappa shape index (κ1) is 29.3. The van der Waals surface area contributed by atoms with Crippen LogP contribution in [-0.4, -0.2) is 11.9 Å². The predicted octanol–water partition coefficient (Wildman–Crippen LogP) is -2.28.